The van der Waals surface area contributed by atoms with Crippen molar-refractivity contribution in [3.63, 3.8) is 0 Å². The van der Waals surface area contributed by atoms with Crippen molar-refractivity contribution in [2.45, 2.75) is 32.5 Å². The average Bonchev–Trinajstić information content (AvgIpc) is 3.27. The highest BCUT2D eigenvalue weighted by atomic mass is 32.1. The van der Waals surface area contributed by atoms with Gasteiger partial charge in [-0.2, -0.15) is 4.98 Å². The lowest BCUT2D eigenvalue weighted by Gasteiger charge is -2.35. The van der Waals surface area contributed by atoms with Crippen molar-refractivity contribution in [1.29, 1.82) is 0 Å². The molecule has 0 amide bonds. The molecule has 1 atom stereocenters. The molecule has 4 rings (SSSR count). The predicted molar refractivity (Wildman–Crippen MR) is 98.5 cm³/mol. The molecule has 0 saturated carbocycles. The standard InChI is InChI=1S/C16H18N4S3/c1-2-12-11-6-9-23-13(11)5-7-19(12)10-20-16(21)17-15(18-20)14-4-3-8-22-14/h3-4,6,8-9,12H,2,5,7,10H2,1H3,(H,17,18,21)/t12-/m0/s1. The summed E-state index contributed by atoms with van der Waals surface area (Å²) in [5.74, 6) is 0.867. The van der Waals surface area contributed by atoms with Gasteiger partial charge in [0.2, 0.25) is 4.77 Å². The fourth-order valence-electron chi connectivity index (χ4n) is 3.25. The largest absolute Gasteiger partial charge is 0.277 e. The molecule has 0 bridgehead atoms. The second-order valence-electron chi connectivity index (χ2n) is 5.69. The first kappa shape index (κ1) is 15.3. The van der Waals surface area contributed by atoms with Crippen molar-refractivity contribution < 1.29 is 0 Å². The molecule has 120 valence electrons. The van der Waals surface area contributed by atoms with Crippen LogP contribution in [-0.2, 0) is 13.1 Å². The minimum atomic E-state index is 0.473. The molecule has 1 aliphatic heterocycles. The molecule has 0 radical (unpaired) electrons. The molecule has 4 heterocycles. The molecule has 3 aromatic rings. The van der Waals surface area contributed by atoms with E-state index in [2.05, 4.69) is 44.8 Å². The van der Waals surface area contributed by atoms with Gasteiger partial charge in [0.15, 0.2) is 5.82 Å². The van der Waals surface area contributed by atoms with E-state index in [4.69, 9.17) is 12.2 Å². The van der Waals surface area contributed by atoms with Crippen LogP contribution in [0.2, 0.25) is 0 Å². The van der Waals surface area contributed by atoms with Gasteiger partial charge in [0.25, 0.3) is 0 Å². The zero-order valence-corrected chi connectivity index (χ0v) is 15.3. The van der Waals surface area contributed by atoms with Crippen LogP contribution in [0.25, 0.3) is 10.7 Å². The lowest BCUT2D eigenvalue weighted by Crippen LogP contribution is -2.36. The number of rotatable bonds is 4. The second kappa shape index (κ2) is 6.32. The molecular formula is C16H18N4S3. The van der Waals surface area contributed by atoms with Crippen LogP contribution in [-0.4, -0.2) is 26.2 Å². The SMILES string of the molecule is CC[C@H]1c2ccsc2CCN1Cn1[nH]c(-c2cccs2)nc1=S. The maximum absolute atomic E-state index is 5.45. The van der Waals surface area contributed by atoms with Gasteiger partial charge in [-0.05, 0) is 53.5 Å². The molecule has 0 spiro atoms. The molecule has 3 aromatic heterocycles. The third-order valence-corrected chi connectivity index (χ3v) is 6.53. The number of nitrogens with one attached hydrogen (secondary N) is 1. The van der Waals surface area contributed by atoms with E-state index in [1.54, 1.807) is 16.2 Å². The summed E-state index contributed by atoms with van der Waals surface area (Å²) < 4.78 is 2.61. The summed E-state index contributed by atoms with van der Waals surface area (Å²) in [6.45, 7) is 4.10. The van der Waals surface area contributed by atoms with Crippen LogP contribution >= 0.6 is 34.9 Å². The number of aromatic amines is 1. The Morgan fingerprint density at radius 1 is 1.35 bits per heavy atom. The highest BCUT2D eigenvalue weighted by Crippen LogP contribution is 2.35. The van der Waals surface area contributed by atoms with Gasteiger partial charge in [0.05, 0.1) is 11.5 Å². The summed E-state index contributed by atoms with van der Waals surface area (Å²) >= 11 is 9.01. The Bertz CT molecular complexity index is 843. The van der Waals surface area contributed by atoms with Gasteiger partial charge in [-0.1, -0.05) is 13.0 Å². The first-order valence-electron chi connectivity index (χ1n) is 7.77. The van der Waals surface area contributed by atoms with Crippen molar-refractivity contribution in [3.05, 3.63) is 44.2 Å². The van der Waals surface area contributed by atoms with Gasteiger partial charge >= 0.3 is 0 Å². The molecule has 1 aliphatic rings. The fourth-order valence-corrected chi connectivity index (χ4v) is 5.04. The molecule has 0 unspecified atom stereocenters. The quantitative estimate of drug-likeness (QED) is 0.684. The summed E-state index contributed by atoms with van der Waals surface area (Å²) in [6.07, 6.45) is 2.24. The van der Waals surface area contributed by atoms with E-state index in [9.17, 15) is 0 Å². The lowest BCUT2D eigenvalue weighted by atomic mass is 9.98. The highest BCUT2D eigenvalue weighted by Gasteiger charge is 2.27. The summed E-state index contributed by atoms with van der Waals surface area (Å²) in [5.41, 5.74) is 1.49. The smallest absolute Gasteiger partial charge is 0.217 e. The normalized spacial score (nSPS) is 18.2. The average molecular weight is 363 g/mol. The number of aromatic nitrogens is 3. The number of hydrogen-bond acceptors (Lipinski definition) is 5. The fraction of sp³-hybridized carbons (Fsp3) is 0.375. The van der Waals surface area contributed by atoms with Crippen LogP contribution < -0.4 is 0 Å². The molecule has 0 aromatic carbocycles. The minimum Gasteiger partial charge on any atom is -0.277 e. The van der Waals surface area contributed by atoms with E-state index in [0.717, 1.165) is 36.8 Å². The van der Waals surface area contributed by atoms with Crippen molar-refractivity contribution in [3.8, 4) is 10.7 Å². The van der Waals surface area contributed by atoms with E-state index in [1.807, 2.05) is 22.1 Å². The third kappa shape index (κ3) is 2.82. The Labute approximate surface area is 148 Å². The Balaban J connectivity index is 1.60. The first-order chi connectivity index (χ1) is 11.3. The van der Waals surface area contributed by atoms with Gasteiger partial charge in [-0.3, -0.25) is 10.00 Å². The Hall–Kier alpha value is -1.28. The molecule has 7 heteroatoms. The Morgan fingerprint density at radius 3 is 3.04 bits per heavy atom. The number of fused-ring (bicyclic) bond motifs is 1. The third-order valence-electron chi connectivity index (χ3n) is 4.35. The minimum absolute atomic E-state index is 0.473. The van der Waals surface area contributed by atoms with Gasteiger partial charge in [0, 0.05) is 17.5 Å². The van der Waals surface area contributed by atoms with Gasteiger partial charge < -0.3 is 0 Å². The lowest BCUT2D eigenvalue weighted by molar-refractivity contribution is 0.130. The first-order valence-corrected chi connectivity index (χ1v) is 9.94. The molecule has 0 saturated heterocycles. The van der Waals surface area contributed by atoms with Crippen LogP contribution in [0, 0.1) is 4.77 Å². The zero-order valence-electron chi connectivity index (χ0n) is 12.9. The van der Waals surface area contributed by atoms with Crippen molar-refractivity contribution in [1.82, 2.24) is 19.7 Å². The molecule has 1 N–H and O–H groups in total. The van der Waals surface area contributed by atoms with Crippen LogP contribution in [0.1, 0.15) is 29.8 Å². The van der Waals surface area contributed by atoms with Crippen LogP contribution in [0.3, 0.4) is 0 Å². The monoisotopic (exact) mass is 362 g/mol. The van der Waals surface area contributed by atoms with E-state index < -0.39 is 0 Å². The van der Waals surface area contributed by atoms with Crippen molar-refractivity contribution in [2.75, 3.05) is 6.54 Å². The zero-order chi connectivity index (χ0) is 15.8. The molecule has 0 aliphatic carbocycles. The van der Waals surface area contributed by atoms with Gasteiger partial charge in [0.1, 0.15) is 0 Å². The Morgan fingerprint density at radius 2 is 2.26 bits per heavy atom. The van der Waals surface area contributed by atoms with Crippen molar-refractivity contribution >= 4 is 34.9 Å². The van der Waals surface area contributed by atoms with E-state index in [-0.39, 0.29) is 0 Å². The van der Waals surface area contributed by atoms with Gasteiger partial charge in [-0.25, -0.2) is 4.68 Å². The van der Waals surface area contributed by atoms with Crippen LogP contribution in [0.4, 0.5) is 0 Å². The maximum atomic E-state index is 5.45. The van der Waals surface area contributed by atoms with E-state index in [1.165, 1.54) is 5.56 Å². The summed E-state index contributed by atoms with van der Waals surface area (Å²) in [7, 11) is 0. The van der Waals surface area contributed by atoms with E-state index in [0.29, 0.717) is 10.8 Å². The second-order valence-corrected chi connectivity index (χ2v) is 8.00. The summed E-state index contributed by atoms with van der Waals surface area (Å²) in [4.78, 5) is 9.68. The van der Waals surface area contributed by atoms with Crippen molar-refractivity contribution in [2.24, 2.45) is 0 Å². The summed E-state index contributed by atoms with van der Waals surface area (Å²) in [6, 6.07) is 6.85. The topological polar surface area (TPSA) is 36.9 Å². The molecule has 23 heavy (non-hydrogen) atoms. The number of thiophene rings is 2. The van der Waals surface area contributed by atoms with E-state index >= 15 is 0 Å². The Kier molecular flexibility index (Phi) is 4.19. The number of hydrogen-bond donors (Lipinski definition) is 1. The molecule has 4 nitrogen and oxygen atoms in total. The molecular weight excluding hydrogens is 344 g/mol. The van der Waals surface area contributed by atoms with Gasteiger partial charge in [-0.15, -0.1) is 22.7 Å². The number of H-pyrrole nitrogens is 1. The predicted octanol–water partition coefficient (Wildman–Crippen LogP) is 4.70. The number of nitrogens with zero attached hydrogens (tertiary/aromatic N) is 3. The van der Waals surface area contributed by atoms with Crippen LogP contribution in [0.5, 0.6) is 0 Å². The highest BCUT2D eigenvalue weighted by molar-refractivity contribution is 7.71. The maximum Gasteiger partial charge on any atom is 0.217 e. The van der Waals surface area contributed by atoms with Crippen LogP contribution in [0.15, 0.2) is 29.0 Å². The molecule has 0 fully saturated rings. The summed E-state index contributed by atoms with van der Waals surface area (Å²) in [5, 5.41) is 7.64.